The van der Waals surface area contributed by atoms with Crippen molar-refractivity contribution in [3.8, 4) is 0 Å². The SMILES string of the molecule is CC.CC(=O)/C=C1/C[CH]C2([C]=CCCO2)CC1. The molecule has 1 fully saturated rings. The molecule has 0 aromatic rings. The van der Waals surface area contributed by atoms with E-state index in [9.17, 15) is 4.79 Å². The van der Waals surface area contributed by atoms with Crippen molar-refractivity contribution in [2.45, 2.75) is 52.1 Å². The lowest BCUT2D eigenvalue weighted by atomic mass is 9.80. The lowest BCUT2D eigenvalue weighted by molar-refractivity contribution is -0.112. The van der Waals surface area contributed by atoms with Crippen molar-refractivity contribution in [3.63, 3.8) is 0 Å². The molecule has 0 aromatic carbocycles. The van der Waals surface area contributed by atoms with Gasteiger partial charge in [-0.2, -0.15) is 0 Å². The Bertz CT molecular complexity index is 303. The number of carbonyl (C=O) groups excluding carboxylic acids is 1. The highest BCUT2D eigenvalue weighted by Crippen LogP contribution is 2.36. The predicted octanol–water partition coefficient (Wildman–Crippen LogP) is 3.43. The van der Waals surface area contributed by atoms with Crippen LogP contribution in [0.4, 0.5) is 0 Å². The Balaban J connectivity index is 0.000000686. The maximum absolute atomic E-state index is 10.9. The lowest BCUT2D eigenvalue weighted by Gasteiger charge is -2.36. The maximum Gasteiger partial charge on any atom is 0.152 e. The fourth-order valence-corrected chi connectivity index (χ4v) is 2.11. The largest absolute Gasteiger partial charge is 0.370 e. The molecule has 1 atom stereocenters. The van der Waals surface area contributed by atoms with Crippen molar-refractivity contribution in [3.05, 3.63) is 30.2 Å². The van der Waals surface area contributed by atoms with Gasteiger partial charge in [0.25, 0.3) is 0 Å². The number of rotatable bonds is 1. The van der Waals surface area contributed by atoms with E-state index in [1.54, 1.807) is 13.0 Å². The lowest BCUT2D eigenvalue weighted by Crippen LogP contribution is -2.36. The molecule has 0 N–H and O–H groups in total. The zero-order valence-electron chi connectivity index (χ0n) is 11.1. The molecule has 2 aliphatic rings. The minimum Gasteiger partial charge on any atom is -0.370 e. The van der Waals surface area contributed by atoms with Crippen molar-refractivity contribution < 1.29 is 9.53 Å². The third-order valence-electron chi connectivity index (χ3n) is 2.89. The molecule has 1 aliphatic carbocycles. The normalized spacial score (nSPS) is 29.9. The summed E-state index contributed by atoms with van der Waals surface area (Å²) in [6, 6.07) is 0. The minimum atomic E-state index is -0.258. The molecule has 17 heavy (non-hydrogen) atoms. The van der Waals surface area contributed by atoms with Gasteiger partial charge < -0.3 is 4.74 Å². The van der Waals surface area contributed by atoms with E-state index in [0.29, 0.717) is 0 Å². The van der Waals surface area contributed by atoms with E-state index in [4.69, 9.17) is 4.74 Å². The smallest absolute Gasteiger partial charge is 0.152 e. The van der Waals surface area contributed by atoms with Crippen molar-refractivity contribution in [2.24, 2.45) is 0 Å². The first kappa shape index (κ1) is 14.2. The second kappa shape index (κ2) is 6.75. The Labute approximate surface area is 105 Å². The van der Waals surface area contributed by atoms with Gasteiger partial charge in [0.1, 0.15) is 0 Å². The van der Waals surface area contributed by atoms with Gasteiger partial charge in [0.05, 0.1) is 12.2 Å². The topological polar surface area (TPSA) is 26.3 Å². The first-order chi connectivity index (χ1) is 8.20. The van der Waals surface area contributed by atoms with Crippen molar-refractivity contribution in [1.29, 1.82) is 0 Å². The average molecular weight is 234 g/mol. The molecular weight excluding hydrogens is 212 g/mol. The first-order valence-electron chi connectivity index (χ1n) is 6.48. The predicted molar refractivity (Wildman–Crippen MR) is 69.4 cm³/mol. The average Bonchev–Trinajstić information content (AvgIpc) is 2.36. The molecule has 0 bridgehead atoms. The number of allylic oxidation sites excluding steroid dienone is 2. The summed E-state index contributed by atoms with van der Waals surface area (Å²) in [5, 5.41) is 0. The van der Waals surface area contributed by atoms with Gasteiger partial charge in [-0.3, -0.25) is 4.79 Å². The summed E-state index contributed by atoms with van der Waals surface area (Å²) in [6.07, 6.45) is 12.9. The Morgan fingerprint density at radius 2 is 2.29 bits per heavy atom. The van der Waals surface area contributed by atoms with Crippen LogP contribution in [0, 0.1) is 12.5 Å². The molecule has 0 saturated heterocycles. The summed E-state index contributed by atoms with van der Waals surface area (Å²) < 4.78 is 5.75. The molecule has 1 spiro atoms. The van der Waals surface area contributed by atoms with Gasteiger partial charge in [0, 0.05) is 6.42 Å². The Morgan fingerprint density at radius 1 is 1.53 bits per heavy atom. The summed E-state index contributed by atoms with van der Waals surface area (Å²) in [6.45, 7) is 6.38. The molecule has 2 rings (SSSR count). The molecule has 1 aliphatic heterocycles. The van der Waals surface area contributed by atoms with Crippen LogP contribution in [0.1, 0.15) is 46.5 Å². The molecule has 2 radical (unpaired) electrons. The van der Waals surface area contributed by atoms with E-state index < -0.39 is 0 Å². The second-order valence-electron chi connectivity index (χ2n) is 4.20. The Morgan fingerprint density at radius 3 is 2.76 bits per heavy atom. The van der Waals surface area contributed by atoms with Crippen molar-refractivity contribution in [1.82, 2.24) is 0 Å². The number of carbonyl (C=O) groups is 1. The van der Waals surface area contributed by atoms with Gasteiger partial charge in [-0.25, -0.2) is 0 Å². The third-order valence-corrected chi connectivity index (χ3v) is 2.89. The second-order valence-corrected chi connectivity index (χ2v) is 4.20. The molecule has 94 valence electrons. The van der Waals surface area contributed by atoms with E-state index >= 15 is 0 Å². The van der Waals surface area contributed by atoms with Gasteiger partial charge in [-0.1, -0.05) is 25.5 Å². The number of ether oxygens (including phenoxy) is 1. The minimum absolute atomic E-state index is 0.137. The summed E-state index contributed by atoms with van der Waals surface area (Å²) in [4.78, 5) is 10.9. The highest BCUT2D eigenvalue weighted by molar-refractivity contribution is 5.88. The van der Waals surface area contributed by atoms with E-state index in [2.05, 4.69) is 18.6 Å². The van der Waals surface area contributed by atoms with E-state index in [1.165, 1.54) is 5.57 Å². The van der Waals surface area contributed by atoms with Crippen LogP contribution in [0.25, 0.3) is 0 Å². The van der Waals surface area contributed by atoms with E-state index in [-0.39, 0.29) is 11.4 Å². The van der Waals surface area contributed by atoms with Gasteiger partial charge in [0.2, 0.25) is 0 Å². The van der Waals surface area contributed by atoms with Crippen LogP contribution in [0.15, 0.2) is 17.7 Å². The van der Waals surface area contributed by atoms with Crippen LogP contribution in [0.5, 0.6) is 0 Å². The quantitative estimate of drug-likeness (QED) is 0.650. The molecule has 0 aromatic heterocycles. The standard InChI is InChI=1S/C13H16O2.C2H6/c1-11(14)10-12-4-7-13(8-5-12)6-2-3-9-15-13;1-2/h2,7,10H,3-5,8-9H2,1H3;1-2H3/b12-10-;. The number of hydrogen-bond donors (Lipinski definition) is 0. The summed E-state index contributed by atoms with van der Waals surface area (Å²) in [7, 11) is 0. The Hall–Kier alpha value is -0.890. The van der Waals surface area contributed by atoms with Crippen LogP contribution >= 0.6 is 0 Å². The summed E-state index contributed by atoms with van der Waals surface area (Å²) in [5.41, 5.74) is 0.955. The van der Waals surface area contributed by atoms with Gasteiger partial charge in [-0.05, 0) is 44.8 Å². The molecule has 2 nitrogen and oxygen atoms in total. The fraction of sp³-hybridized carbons (Fsp3) is 0.600. The number of hydrogen-bond acceptors (Lipinski definition) is 2. The van der Waals surface area contributed by atoms with Crippen molar-refractivity contribution in [2.75, 3.05) is 6.61 Å². The van der Waals surface area contributed by atoms with Crippen LogP contribution in [-0.4, -0.2) is 18.0 Å². The van der Waals surface area contributed by atoms with E-state index in [0.717, 1.165) is 32.3 Å². The molecule has 1 unspecified atom stereocenters. The summed E-state index contributed by atoms with van der Waals surface area (Å²) >= 11 is 0. The van der Waals surface area contributed by atoms with Gasteiger partial charge in [-0.15, -0.1) is 0 Å². The van der Waals surface area contributed by atoms with Crippen LogP contribution < -0.4 is 0 Å². The third kappa shape index (κ3) is 4.12. The van der Waals surface area contributed by atoms with Crippen molar-refractivity contribution >= 4 is 5.78 Å². The maximum atomic E-state index is 10.9. The van der Waals surface area contributed by atoms with E-state index in [1.807, 2.05) is 13.8 Å². The highest BCUT2D eigenvalue weighted by Gasteiger charge is 2.33. The Kier molecular flexibility index (Phi) is 5.63. The zero-order chi connectivity index (χ0) is 12.7. The monoisotopic (exact) mass is 234 g/mol. The molecule has 0 amide bonds. The fourth-order valence-electron chi connectivity index (χ4n) is 2.11. The summed E-state index contributed by atoms with van der Waals surface area (Å²) in [5.74, 6) is 0.137. The van der Waals surface area contributed by atoms with Crippen LogP contribution in [0.2, 0.25) is 0 Å². The zero-order valence-corrected chi connectivity index (χ0v) is 11.1. The molecule has 1 heterocycles. The van der Waals surface area contributed by atoms with Crippen LogP contribution in [0.3, 0.4) is 0 Å². The number of ketones is 1. The molecule has 1 saturated carbocycles. The molecular formula is C15H22O2. The first-order valence-corrected chi connectivity index (χ1v) is 6.48. The van der Waals surface area contributed by atoms with Gasteiger partial charge in [0.15, 0.2) is 5.78 Å². The van der Waals surface area contributed by atoms with Crippen LogP contribution in [-0.2, 0) is 9.53 Å². The molecule has 2 heteroatoms. The highest BCUT2D eigenvalue weighted by atomic mass is 16.5. The van der Waals surface area contributed by atoms with Gasteiger partial charge >= 0.3 is 0 Å².